The fraction of sp³-hybridized carbons (Fsp3) is 0.500. The predicted molar refractivity (Wildman–Crippen MR) is 42.2 cm³/mol. The molecule has 2 rings (SSSR count). The van der Waals surface area contributed by atoms with Crippen molar-refractivity contribution in [3.8, 4) is 0 Å². The van der Waals surface area contributed by atoms with Crippen LogP contribution in [-0.4, -0.2) is 15.9 Å². The van der Waals surface area contributed by atoms with E-state index in [-0.39, 0.29) is 5.54 Å². The molecular weight excluding hydrogens is 154 g/mol. The van der Waals surface area contributed by atoms with E-state index in [0.717, 1.165) is 18.4 Å². The Morgan fingerprint density at radius 2 is 2.50 bits per heavy atom. The molecule has 0 radical (unpaired) electrons. The molecule has 0 unspecified atom stereocenters. The monoisotopic (exact) mass is 163 g/mol. The number of hydrogen-bond acceptors (Lipinski definition) is 3. The standard InChI is InChI=1S/C8H9N3O/c1-11-5-7(4-10-11)8(2-3-8)9-6-12/h4-5H,2-3H2,1H3. The first kappa shape index (κ1) is 7.25. The number of aromatic nitrogens is 2. The van der Waals surface area contributed by atoms with Gasteiger partial charge >= 0.3 is 0 Å². The van der Waals surface area contributed by atoms with E-state index >= 15 is 0 Å². The highest BCUT2D eigenvalue weighted by Gasteiger charge is 2.45. The summed E-state index contributed by atoms with van der Waals surface area (Å²) in [6, 6.07) is 0. The van der Waals surface area contributed by atoms with Crippen LogP contribution in [0, 0.1) is 0 Å². The van der Waals surface area contributed by atoms with Gasteiger partial charge in [-0.25, -0.2) is 4.79 Å². The fourth-order valence-corrected chi connectivity index (χ4v) is 1.33. The summed E-state index contributed by atoms with van der Waals surface area (Å²) < 4.78 is 1.72. The lowest BCUT2D eigenvalue weighted by Crippen LogP contribution is -1.99. The maximum absolute atomic E-state index is 10.1. The van der Waals surface area contributed by atoms with Crippen molar-refractivity contribution in [1.82, 2.24) is 9.78 Å². The van der Waals surface area contributed by atoms with Crippen molar-refractivity contribution in [2.24, 2.45) is 12.0 Å². The molecule has 12 heavy (non-hydrogen) atoms. The number of rotatable bonds is 2. The lowest BCUT2D eigenvalue weighted by Gasteiger charge is -2.01. The van der Waals surface area contributed by atoms with E-state index < -0.39 is 0 Å². The lowest BCUT2D eigenvalue weighted by molar-refractivity contribution is 0.556. The van der Waals surface area contributed by atoms with Crippen LogP contribution in [0.1, 0.15) is 18.4 Å². The Balaban J connectivity index is 2.36. The van der Waals surface area contributed by atoms with Gasteiger partial charge in [-0.05, 0) is 12.8 Å². The van der Waals surface area contributed by atoms with Crippen LogP contribution in [0.3, 0.4) is 0 Å². The van der Waals surface area contributed by atoms with Crippen LogP contribution < -0.4 is 0 Å². The smallest absolute Gasteiger partial charge is 0.235 e. The average Bonchev–Trinajstić information content (AvgIpc) is 2.69. The second-order valence-corrected chi connectivity index (χ2v) is 3.14. The highest BCUT2D eigenvalue weighted by atomic mass is 16.1. The number of isocyanates is 1. The number of aliphatic imine (C=N–C) groups is 1. The van der Waals surface area contributed by atoms with Gasteiger partial charge < -0.3 is 0 Å². The Kier molecular flexibility index (Phi) is 1.38. The molecule has 1 aliphatic carbocycles. The van der Waals surface area contributed by atoms with Crippen molar-refractivity contribution in [2.45, 2.75) is 18.4 Å². The molecular formula is C8H9N3O. The summed E-state index contributed by atoms with van der Waals surface area (Å²) in [6.45, 7) is 0. The maximum atomic E-state index is 10.1. The maximum Gasteiger partial charge on any atom is 0.235 e. The molecule has 0 aromatic carbocycles. The highest BCUT2D eigenvalue weighted by Crippen LogP contribution is 2.48. The third kappa shape index (κ3) is 0.970. The molecule has 4 nitrogen and oxygen atoms in total. The van der Waals surface area contributed by atoms with Gasteiger partial charge in [0.05, 0.1) is 6.20 Å². The van der Waals surface area contributed by atoms with Crippen molar-refractivity contribution in [3.63, 3.8) is 0 Å². The minimum absolute atomic E-state index is 0.268. The van der Waals surface area contributed by atoms with E-state index in [1.54, 1.807) is 17.0 Å². The van der Waals surface area contributed by atoms with Gasteiger partial charge in [0, 0.05) is 18.8 Å². The van der Waals surface area contributed by atoms with Crippen molar-refractivity contribution >= 4 is 6.08 Å². The number of aryl methyl sites for hydroxylation is 1. The zero-order chi connectivity index (χ0) is 8.60. The van der Waals surface area contributed by atoms with Crippen molar-refractivity contribution in [1.29, 1.82) is 0 Å². The molecule has 4 heteroatoms. The zero-order valence-corrected chi connectivity index (χ0v) is 6.82. The lowest BCUT2D eigenvalue weighted by atomic mass is 10.1. The van der Waals surface area contributed by atoms with E-state index in [0.29, 0.717) is 0 Å². The van der Waals surface area contributed by atoms with Crippen LogP contribution in [0.25, 0.3) is 0 Å². The van der Waals surface area contributed by atoms with Crippen LogP contribution in [0.4, 0.5) is 0 Å². The largest absolute Gasteiger partial charge is 0.275 e. The van der Waals surface area contributed by atoms with Gasteiger partial charge in [0.25, 0.3) is 0 Å². The van der Waals surface area contributed by atoms with Gasteiger partial charge in [0.15, 0.2) is 0 Å². The van der Waals surface area contributed by atoms with Crippen LogP contribution in [0.5, 0.6) is 0 Å². The van der Waals surface area contributed by atoms with E-state index in [1.807, 2.05) is 13.2 Å². The number of nitrogens with zero attached hydrogens (tertiary/aromatic N) is 3. The Bertz CT molecular complexity index is 345. The van der Waals surface area contributed by atoms with E-state index in [9.17, 15) is 4.79 Å². The van der Waals surface area contributed by atoms with Gasteiger partial charge in [-0.2, -0.15) is 10.1 Å². The number of hydrogen-bond donors (Lipinski definition) is 0. The average molecular weight is 163 g/mol. The molecule has 0 bridgehead atoms. The molecule has 1 heterocycles. The first-order valence-corrected chi connectivity index (χ1v) is 3.85. The highest BCUT2D eigenvalue weighted by molar-refractivity contribution is 5.40. The third-order valence-corrected chi connectivity index (χ3v) is 2.23. The second kappa shape index (κ2) is 2.29. The van der Waals surface area contributed by atoms with E-state index in [4.69, 9.17) is 0 Å². The molecule has 1 aliphatic rings. The minimum atomic E-state index is -0.268. The summed E-state index contributed by atoms with van der Waals surface area (Å²) in [5.41, 5.74) is 0.754. The van der Waals surface area contributed by atoms with E-state index in [2.05, 4.69) is 10.1 Å². The summed E-state index contributed by atoms with van der Waals surface area (Å²) in [6.07, 6.45) is 7.15. The van der Waals surface area contributed by atoms with Gasteiger partial charge in [0.1, 0.15) is 5.54 Å². The molecule has 1 fully saturated rings. The fourth-order valence-electron chi connectivity index (χ4n) is 1.33. The van der Waals surface area contributed by atoms with Gasteiger partial charge in [0.2, 0.25) is 6.08 Å². The molecule has 1 saturated carbocycles. The minimum Gasteiger partial charge on any atom is -0.275 e. The van der Waals surface area contributed by atoms with Crippen molar-refractivity contribution < 1.29 is 4.79 Å². The normalized spacial score (nSPS) is 18.4. The Morgan fingerprint density at radius 3 is 2.92 bits per heavy atom. The SMILES string of the molecule is Cn1cc(C2(N=C=O)CC2)cn1. The molecule has 0 N–H and O–H groups in total. The Hall–Kier alpha value is -1.41. The zero-order valence-electron chi connectivity index (χ0n) is 6.82. The first-order chi connectivity index (χ1) is 5.77. The summed E-state index contributed by atoms with van der Waals surface area (Å²) in [5, 5.41) is 4.03. The van der Waals surface area contributed by atoms with Crippen LogP contribution in [0.15, 0.2) is 17.4 Å². The Morgan fingerprint density at radius 1 is 1.75 bits per heavy atom. The summed E-state index contributed by atoms with van der Waals surface area (Å²) in [7, 11) is 1.85. The van der Waals surface area contributed by atoms with Crippen molar-refractivity contribution in [2.75, 3.05) is 0 Å². The Labute approximate surface area is 69.9 Å². The molecule has 62 valence electrons. The van der Waals surface area contributed by atoms with Crippen LogP contribution >= 0.6 is 0 Å². The molecule has 0 saturated heterocycles. The van der Waals surface area contributed by atoms with Crippen molar-refractivity contribution in [3.05, 3.63) is 18.0 Å². The summed E-state index contributed by atoms with van der Waals surface area (Å²) >= 11 is 0. The predicted octanol–water partition coefficient (Wildman–Crippen LogP) is 0.745. The second-order valence-electron chi connectivity index (χ2n) is 3.14. The molecule has 0 aliphatic heterocycles. The van der Waals surface area contributed by atoms with Gasteiger partial charge in [-0.15, -0.1) is 0 Å². The van der Waals surface area contributed by atoms with E-state index in [1.165, 1.54) is 0 Å². The number of carbonyl (C=O) groups excluding carboxylic acids is 1. The van der Waals surface area contributed by atoms with Gasteiger partial charge in [-0.1, -0.05) is 0 Å². The molecule has 0 atom stereocenters. The van der Waals surface area contributed by atoms with Crippen LogP contribution in [0.2, 0.25) is 0 Å². The molecule has 0 amide bonds. The third-order valence-electron chi connectivity index (χ3n) is 2.23. The van der Waals surface area contributed by atoms with Gasteiger partial charge in [-0.3, -0.25) is 4.68 Å². The quantitative estimate of drug-likeness (QED) is 0.477. The summed E-state index contributed by atoms with van der Waals surface area (Å²) in [5.74, 6) is 0. The summed E-state index contributed by atoms with van der Waals surface area (Å²) in [4.78, 5) is 13.9. The molecule has 1 aromatic rings. The van der Waals surface area contributed by atoms with Crippen LogP contribution in [-0.2, 0) is 17.4 Å². The first-order valence-electron chi connectivity index (χ1n) is 3.85. The topological polar surface area (TPSA) is 47.2 Å². The molecule has 1 aromatic heterocycles. The molecule has 0 spiro atoms.